The van der Waals surface area contributed by atoms with Gasteiger partial charge in [0, 0.05) is 31.6 Å². The number of nitrogens with two attached hydrogens (primary N) is 3. The highest BCUT2D eigenvalue weighted by Gasteiger charge is 2.38. The monoisotopic (exact) mass is 670 g/mol. The van der Waals surface area contributed by atoms with E-state index in [2.05, 4.69) is 42.2 Å². The number of hydrogen-bond donors (Lipinski definition) is 14. The highest BCUT2D eigenvalue weighted by Crippen LogP contribution is 2.11. The van der Waals surface area contributed by atoms with Gasteiger partial charge in [0.05, 0.1) is 19.3 Å². The van der Waals surface area contributed by atoms with E-state index >= 15 is 0 Å². The molecule has 0 aliphatic carbocycles. The topological polar surface area (TPSA) is 367 Å². The molecule has 0 saturated carbocycles. The molecule has 17 N–H and O–H groups in total. The molecule has 1 saturated heterocycles. The van der Waals surface area contributed by atoms with Crippen LogP contribution in [-0.2, 0) is 28.8 Å². The Bertz CT molecular complexity index is 1260. The van der Waals surface area contributed by atoms with E-state index in [1.807, 2.05) is 12.2 Å². The highest BCUT2D eigenvalue weighted by molar-refractivity contribution is 6.01. The van der Waals surface area contributed by atoms with Gasteiger partial charge in [0.1, 0.15) is 29.9 Å². The summed E-state index contributed by atoms with van der Waals surface area (Å²) in [4.78, 5) is 93.8. The normalized spacial score (nSPS) is 27.9. The lowest BCUT2D eigenvalue weighted by molar-refractivity contribution is -0.136. The molecule has 22 heteroatoms. The summed E-state index contributed by atoms with van der Waals surface area (Å²) in [7, 11) is 0. The largest absolute Gasteiger partial charge is 0.394 e. The summed E-state index contributed by atoms with van der Waals surface area (Å²) >= 11 is 0. The lowest BCUT2D eigenvalue weighted by atomic mass is 10.0. The molecule has 0 aromatic heterocycles. The van der Waals surface area contributed by atoms with Gasteiger partial charge in [-0.15, -0.1) is 0 Å². The van der Waals surface area contributed by atoms with Crippen LogP contribution in [-0.4, -0.2) is 125 Å². The van der Waals surface area contributed by atoms with E-state index in [1.165, 1.54) is 0 Å². The first-order valence-corrected chi connectivity index (χ1v) is 14.5. The SMILES string of the molecule is CCC[C@H](N)CC(=O)N[C@@H]1CNC(=O)/C(=C\NC(N)=O)NC(=O)[C@H](CO)NC(=O)[C@H](CO)NC(=O)[C@H]([C@@H]2C[C@H](O)N=C(N)N2)NC1=O. The predicted octanol–water partition coefficient (Wildman–Crippen LogP) is -7.82. The fourth-order valence-corrected chi connectivity index (χ4v) is 4.46. The second-order valence-corrected chi connectivity index (χ2v) is 10.6. The Morgan fingerprint density at radius 2 is 1.64 bits per heavy atom. The Balaban J connectivity index is 2.57. The quantitative estimate of drug-likeness (QED) is 0.101. The molecule has 0 radical (unpaired) electrons. The third kappa shape index (κ3) is 12.0. The molecule has 1 fully saturated rings. The maximum absolute atomic E-state index is 13.6. The van der Waals surface area contributed by atoms with Crippen LogP contribution in [0.2, 0.25) is 0 Å². The molecule has 2 aliphatic heterocycles. The van der Waals surface area contributed by atoms with Crippen molar-refractivity contribution in [2.24, 2.45) is 22.2 Å². The lowest BCUT2D eigenvalue weighted by Gasteiger charge is -2.34. The van der Waals surface area contributed by atoms with Crippen molar-refractivity contribution >= 4 is 47.4 Å². The Morgan fingerprint density at radius 3 is 2.23 bits per heavy atom. The minimum Gasteiger partial charge on any atom is -0.394 e. The average Bonchev–Trinajstić information content (AvgIpc) is 2.99. The molecule has 0 bridgehead atoms. The van der Waals surface area contributed by atoms with Crippen molar-refractivity contribution in [1.29, 1.82) is 0 Å². The molecule has 0 unspecified atom stereocenters. The van der Waals surface area contributed by atoms with Crippen molar-refractivity contribution in [3.8, 4) is 0 Å². The first kappa shape index (κ1) is 38.1. The van der Waals surface area contributed by atoms with Crippen molar-refractivity contribution in [2.45, 2.75) is 75.1 Å². The Hall–Kier alpha value is -5.06. The number of amides is 8. The fourth-order valence-electron chi connectivity index (χ4n) is 4.46. The molecule has 0 aromatic rings. The Kier molecular flexibility index (Phi) is 14.7. The number of urea groups is 1. The predicted molar refractivity (Wildman–Crippen MR) is 161 cm³/mol. The van der Waals surface area contributed by atoms with Gasteiger partial charge in [-0.05, 0) is 6.42 Å². The van der Waals surface area contributed by atoms with Crippen LogP contribution >= 0.6 is 0 Å². The summed E-state index contributed by atoms with van der Waals surface area (Å²) in [6, 6.07) is -9.58. The van der Waals surface area contributed by atoms with Crippen LogP contribution in [0.3, 0.4) is 0 Å². The van der Waals surface area contributed by atoms with E-state index in [-0.39, 0.29) is 18.8 Å². The number of aliphatic imine (C=N–C) groups is 1. The number of carbonyl (C=O) groups is 7. The van der Waals surface area contributed by atoms with Gasteiger partial charge in [0.25, 0.3) is 5.91 Å². The Labute approximate surface area is 268 Å². The maximum atomic E-state index is 13.6. The number of aliphatic hydroxyl groups is 3. The van der Waals surface area contributed by atoms with Gasteiger partial charge in [0.2, 0.25) is 29.5 Å². The number of aliphatic hydroxyl groups excluding tert-OH is 3. The molecule has 2 heterocycles. The highest BCUT2D eigenvalue weighted by atomic mass is 16.3. The fraction of sp³-hybridized carbons (Fsp3) is 0.600. The second kappa shape index (κ2) is 18.2. The van der Waals surface area contributed by atoms with Crippen molar-refractivity contribution in [2.75, 3.05) is 19.8 Å². The van der Waals surface area contributed by atoms with E-state index in [9.17, 15) is 48.9 Å². The summed E-state index contributed by atoms with van der Waals surface area (Å²) in [6.07, 6.45) is -0.0355. The van der Waals surface area contributed by atoms with E-state index in [4.69, 9.17) is 17.2 Å². The van der Waals surface area contributed by atoms with Gasteiger partial charge in [-0.25, -0.2) is 9.79 Å². The molecule has 0 aromatic carbocycles. The van der Waals surface area contributed by atoms with Gasteiger partial charge < -0.3 is 75.1 Å². The summed E-state index contributed by atoms with van der Waals surface area (Å²) < 4.78 is 0. The van der Waals surface area contributed by atoms with Gasteiger partial charge in [0.15, 0.2) is 12.2 Å². The first-order valence-electron chi connectivity index (χ1n) is 14.5. The zero-order valence-corrected chi connectivity index (χ0v) is 25.4. The van der Waals surface area contributed by atoms with Crippen LogP contribution in [0.1, 0.15) is 32.6 Å². The molecule has 0 spiro atoms. The number of guanidine groups is 1. The van der Waals surface area contributed by atoms with Crippen LogP contribution in [0.4, 0.5) is 4.79 Å². The van der Waals surface area contributed by atoms with Gasteiger partial charge >= 0.3 is 6.03 Å². The molecule has 262 valence electrons. The molecular formula is C25H42N12O10. The van der Waals surface area contributed by atoms with E-state index in [0.717, 1.165) is 0 Å². The minimum absolute atomic E-state index is 0.210. The maximum Gasteiger partial charge on any atom is 0.316 e. The molecule has 22 nitrogen and oxygen atoms in total. The molecule has 2 aliphatic rings. The third-order valence-corrected chi connectivity index (χ3v) is 6.79. The van der Waals surface area contributed by atoms with Crippen LogP contribution < -0.4 is 59.7 Å². The number of nitrogens with zero attached hydrogens (tertiary/aromatic N) is 1. The zero-order valence-electron chi connectivity index (χ0n) is 25.4. The molecule has 7 atom stereocenters. The van der Waals surface area contributed by atoms with Crippen LogP contribution in [0.15, 0.2) is 16.9 Å². The number of nitrogens with one attached hydrogen (secondary N) is 8. The zero-order chi connectivity index (χ0) is 35.3. The standard InChI is InChI=1S/C25H42N12O10/c1-2-3-10(26)4-16(40)31-13-6-29-19(42)12(7-30-25(28)47)32-21(44)14(8-38)33-22(45)15(9-39)34-23(46)18(37-20(13)43)11-5-17(41)36-24(27)35-11/h7,10-11,13-15,17-18,38-39,41H,2-6,8-9,26H2,1H3,(H,29,42)(H,31,40)(H,32,44)(H,33,45)(H,34,46)(H,37,43)(H3,27,35,36)(H3,28,30,47)/b12-7+/t10-,11-,13+,14-,15-,17-,18-/m0/s1. The van der Waals surface area contributed by atoms with Crippen molar-refractivity contribution in [3.63, 3.8) is 0 Å². The van der Waals surface area contributed by atoms with Crippen LogP contribution in [0.25, 0.3) is 0 Å². The summed E-state index contributed by atoms with van der Waals surface area (Å²) in [5.74, 6) is -6.57. The molecule has 8 amide bonds. The summed E-state index contributed by atoms with van der Waals surface area (Å²) in [5, 5.41) is 48.0. The number of hydrogen-bond acceptors (Lipinski definition) is 14. The smallest absolute Gasteiger partial charge is 0.316 e. The summed E-state index contributed by atoms with van der Waals surface area (Å²) in [5.41, 5.74) is 16.1. The molecular weight excluding hydrogens is 628 g/mol. The third-order valence-electron chi connectivity index (χ3n) is 6.79. The van der Waals surface area contributed by atoms with Crippen molar-refractivity contribution in [3.05, 3.63) is 11.9 Å². The van der Waals surface area contributed by atoms with Gasteiger partial charge in [-0.3, -0.25) is 28.8 Å². The van der Waals surface area contributed by atoms with Crippen LogP contribution in [0, 0.1) is 0 Å². The van der Waals surface area contributed by atoms with Crippen molar-refractivity contribution in [1.82, 2.24) is 42.5 Å². The number of rotatable bonds is 9. The van der Waals surface area contributed by atoms with Crippen LogP contribution in [0.5, 0.6) is 0 Å². The van der Waals surface area contributed by atoms with Gasteiger partial charge in [-0.2, -0.15) is 0 Å². The number of carbonyl (C=O) groups excluding carboxylic acids is 7. The average molecular weight is 671 g/mol. The Morgan fingerprint density at radius 1 is 1.00 bits per heavy atom. The molecule has 47 heavy (non-hydrogen) atoms. The molecule has 2 rings (SSSR count). The number of primary amides is 1. The van der Waals surface area contributed by atoms with E-state index in [1.54, 1.807) is 0 Å². The summed E-state index contributed by atoms with van der Waals surface area (Å²) in [6.45, 7) is -0.833. The first-order chi connectivity index (χ1) is 22.2. The van der Waals surface area contributed by atoms with Crippen molar-refractivity contribution < 1.29 is 48.9 Å². The minimum atomic E-state index is -1.75. The second-order valence-electron chi connectivity index (χ2n) is 10.6. The van der Waals surface area contributed by atoms with E-state index in [0.29, 0.717) is 19.0 Å². The van der Waals surface area contributed by atoms with E-state index < -0.39 is 109 Å². The van der Waals surface area contributed by atoms with Gasteiger partial charge in [-0.1, -0.05) is 13.3 Å². The lowest BCUT2D eigenvalue weighted by Crippen LogP contribution is -2.66.